The van der Waals surface area contributed by atoms with Gasteiger partial charge in [-0.3, -0.25) is 0 Å². The number of anilines is 1. The van der Waals surface area contributed by atoms with Crippen molar-refractivity contribution in [2.75, 3.05) is 44.2 Å². The summed E-state index contributed by atoms with van der Waals surface area (Å²) in [5.41, 5.74) is 0. The van der Waals surface area contributed by atoms with Gasteiger partial charge in [-0.2, -0.15) is 0 Å². The molecule has 0 saturated carbocycles. The number of rotatable bonds is 7. The van der Waals surface area contributed by atoms with Gasteiger partial charge in [-0.25, -0.2) is 9.97 Å². The van der Waals surface area contributed by atoms with E-state index in [1.165, 1.54) is 19.3 Å². The Hall–Kier alpha value is -1.36. The van der Waals surface area contributed by atoms with Gasteiger partial charge in [-0.05, 0) is 32.4 Å². The molecule has 5 heteroatoms. The van der Waals surface area contributed by atoms with Crippen LogP contribution in [0.15, 0.2) is 12.4 Å². The van der Waals surface area contributed by atoms with Crippen molar-refractivity contribution in [2.45, 2.75) is 33.1 Å². The first-order valence-electron chi connectivity index (χ1n) is 7.76. The van der Waals surface area contributed by atoms with Crippen LogP contribution in [0.5, 0.6) is 5.88 Å². The second kappa shape index (κ2) is 8.04. The van der Waals surface area contributed by atoms with E-state index in [2.05, 4.69) is 33.6 Å². The summed E-state index contributed by atoms with van der Waals surface area (Å²) in [6.45, 7) is 10.2. The molecule has 1 aliphatic rings. The Kier molecular flexibility index (Phi) is 6.05. The fraction of sp³-hybridized carbons (Fsp3) is 0.733. The van der Waals surface area contributed by atoms with Crippen LogP contribution < -0.4 is 9.64 Å². The predicted octanol–water partition coefficient (Wildman–Crippen LogP) is 2.19. The third kappa shape index (κ3) is 4.07. The Morgan fingerprint density at radius 1 is 1.10 bits per heavy atom. The SMILES string of the molecule is CCN(CC)CCOc1nccnc1N1CCCCC1. The standard InChI is InChI=1S/C15H26N4O/c1-3-18(4-2)12-13-20-15-14(16-8-9-17-15)19-10-6-5-7-11-19/h8-9H,3-7,10-13H2,1-2H3. The molecule has 0 aromatic carbocycles. The molecule has 2 rings (SSSR count). The summed E-state index contributed by atoms with van der Waals surface area (Å²) in [6.07, 6.45) is 7.24. The molecule has 20 heavy (non-hydrogen) atoms. The highest BCUT2D eigenvalue weighted by Crippen LogP contribution is 2.25. The number of piperidine rings is 1. The molecule has 1 fully saturated rings. The van der Waals surface area contributed by atoms with Crippen LogP contribution in [0.2, 0.25) is 0 Å². The number of hydrogen-bond donors (Lipinski definition) is 0. The molecule has 5 nitrogen and oxygen atoms in total. The molecule has 1 aromatic heterocycles. The largest absolute Gasteiger partial charge is 0.474 e. The second-order valence-electron chi connectivity index (χ2n) is 5.11. The molecule has 0 N–H and O–H groups in total. The quantitative estimate of drug-likeness (QED) is 0.765. The van der Waals surface area contributed by atoms with E-state index in [1.54, 1.807) is 12.4 Å². The molecule has 2 heterocycles. The van der Waals surface area contributed by atoms with Crippen molar-refractivity contribution in [3.05, 3.63) is 12.4 Å². The maximum absolute atomic E-state index is 5.87. The van der Waals surface area contributed by atoms with Gasteiger partial charge in [-0.1, -0.05) is 13.8 Å². The van der Waals surface area contributed by atoms with Gasteiger partial charge < -0.3 is 14.5 Å². The third-order valence-electron chi connectivity index (χ3n) is 3.84. The van der Waals surface area contributed by atoms with Crippen molar-refractivity contribution in [1.29, 1.82) is 0 Å². The monoisotopic (exact) mass is 278 g/mol. The average molecular weight is 278 g/mol. The zero-order valence-corrected chi connectivity index (χ0v) is 12.7. The highest BCUT2D eigenvalue weighted by molar-refractivity contribution is 5.47. The molecule has 1 aromatic rings. The van der Waals surface area contributed by atoms with Crippen LogP contribution in [0.3, 0.4) is 0 Å². The zero-order valence-electron chi connectivity index (χ0n) is 12.7. The first-order valence-corrected chi connectivity index (χ1v) is 7.76. The Labute approximate surface area is 122 Å². The van der Waals surface area contributed by atoms with Gasteiger partial charge in [0.1, 0.15) is 6.61 Å². The highest BCUT2D eigenvalue weighted by Gasteiger charge is 2.17. The minimum atomic E-state index is 0.668. The summed E-state index contributed by atoms with van der Waals surface area (Å²) in [4.78, 5) is 13.5. The van der Waals surface area contributed by atoms with Gasteiger partial charge in [0.05, 0.1) is 0 Å². The smallest absolute Gasteiger partial charge is 0.257 e. The molecular formula is C15H26N4O. The van der Waals surface area contributed by atoms with E-state index in [4.69, 9.17) is 4.74 Å². The summed E-state index contributed by atoms with van der Waals surface area (Å²) in [5, 5.41) is 0. The summed E-state index contributed by atoms with van der Waals surface area (Å²) >= 11 is 0. The van der Waals surface area contributed by atoms with Crippen molar-refractivity contribution in [3.8, 4) is 5.88 Å². The minimum Gasteiger partial charge on any atom is -0.474 e. The molecule has 0 unspecified atom stereocenters. The van der Waals surface area contributed by atoms with E-state index < -0.39 is 0 Å². The Bertz CT molecular complexity index is 389. The average Bonchev–Trinajstić information content (AvgIpc) is 2.53. The van der Waals surface area contributed by atoms with Gasteiger partial charge in [-0.15, -0.1) is 0 Å². The first-order chi connectivity index (χ1) is 9.85. The van der Waals surface area contributed by atoms with Crippen LogP contribution in [-0.4, -0.2) is 54.2 Å². The van der Waals surface area contributed by atoms with Crippen LogP contribution in [0.1, 0.15) is 33.1 Å². The van der Waals surface area contributed by atoms with Crippen molar-refractivity contribution < 1.29 is 4.74 Å². The first kappa shape index (κ1) is 15.0. The number of aromatic nitrogens is 2. The lowest BCUT2D eigenvalue weighted by atomic mass is 10.1. The van der Waals surface area contributed by atoms with E-state index in [1.807, 2.05) is 0 Å². The molecule has 0 spiro atoms. The predicted molar refractivity (Wildman–Crippen MR) is 81.4 cm³/mol. The van der Waals surface area contributed by atoms with Gasteiger partial charge in [0.15, 0.2) is 5.82 Å². The second-order valence-corrected chi connectivity index (χ2v) is 5.11. The topological polar surface area (TPSA) is 41.5 Å². The lowest BCUT2D eigenvalue weighted by Gasteiger charge is -2.28. The highest BCUT2D eigenvalue weighted by atomic mass is 16.5. The van der Waals surface area contributed by atoms with Crippen molar-refractivity contribution in [2.24, 2.45) is 0 Å². The van der Waals surface area contributed by atoms with Crippen molar-refractivity contribution >= 4 is 5.82 Å². The zero-order chi connectivity index (χ0) is 14.2. The summed E-state index contributed by atoms with van der Waals surface area (Å²) in [5.74, 6) is 1.59. The van der Waals surface area contributed by atoms with Gasteiger partial charge >= 0.3 is 0 Å². The van der Waals surface area contributed by atoms with Crippen LogP contribution >= 0.6 is 0 Å². The van der Waals surface area contributed by atoms with Crippen LogP contribution in [0, 0.1) is 0 Å². The summed E-state index contributed by atoms with van der Waals surface area (Å²) in [7, 11) is 0. The van der Waals surface area contributed by atoms with E-state index >= 15 is 0 Å². The molecule has 0 atom stereocenters. The molecular weight excluding hydrogens is 252 g/mol. The maximum Gasteiger partial charge on any atom is 0.257 e. The lowest BCUT2D eigenvalue weighted by Crippen LogP contribution is -2.31. The normalized spacial score (nSPS) is 15.7. The van der Waals surface area contributed by atoms with E-state index in [-0.39, 0.29) is 0 Å². The molecule has 1 saturated heterocycles. The number of nitrogens with zero attached hydrogens (tertiary/aromatic N) is 4. The third-order valence-corrected chi connectivity index (χ3v) is 3.84. The minimum absolute atomic E-state index is 0.668. The van der Waals surface area contributed by atoms with Gasteiger partial charge in [0.2, 0.25) is 0 Å². The summed E-state index contributed by atoms with van der Waals surface area (Å²) < 4.78 is 5.87. The number of hydrogen-bond acceptors (Lipinski definition) is 5. The Morgan fingerprint density at radius 2 is 1.80 bits per heavy atom. The molecule has 0 aliphatic carbocycles. The Balaban J connectivity index is 1.93. The Morgan fingerprint density at radius 3 is 2.50 bits per heavy atom. The van der Waals surface area contributed by atoms with E-state index in [0.717, 1.165) is 38.5 Å². The fourth-order valence-corrected chi connectivity index (χ4v) is 2.55. The van der Waals surface area contributed by atoms with Crippen LogP contribution in [0.25, 0.3) is 0 Å². The molecule has 112 valence electrons. The molecule has 0 amide bonds. The van der Waals surface area contributed by atoms with Crippen LogP contribution in [0.4, 0.5) is 5.82 Å². The lowest BCUT2D eigenvalue weighted by molar-refractivity contribution is 0.217. The fourth-order valence-electron chi connectivity index (χ4n) is 2.55. The molecule has 1 aliphatic heterocycles. The number of ether oxygens (including phenoxy) is 1. The summed E-state index contributed by atoms with van der Waals surface area (Å²) in [6, 6.07) is 0. The molecule has 0 radical (unpaired) electrons. The number of likely N-dealkylation sites (N-methyl/N-ethyl adjacent to an activating group) is 1. The van der Waals surface area contributed by atoms with E-state index in [9.17, 15) is 0 Å². The van der Waals surface area contributed by atoms with Gasteiger partial charge in [0.25, 0.3) is 5.88 Å². The molecule has 0 bridgehead atoms. The maximum atomic E-state index is 5.87. The van der Waals surface area contributed by atoms with Crippen molar-refractivity contribution in [3.63, 3.8) is 0 Å². The van der Waals surface area contributed by atoms with Crippen molar-refractivity contribution in [1.82, 2.24) is 14.9 Å². The van der Waals surface area contributed by atoms with E-state index in [0.29, 0.717) is 12.5 Å². The van der Waals surface area contributed by atoms with Crippen LogP contribution in [-0.2, 0) is 0 Å². The van der Waals surface area contributed by atoms with Gasteiger partial charge in [0, 0.05) is 32.0 Å².